The first-order chi connectivity index (χ1) is 9.95. The maximum atomic E-state index is 3.58. The first-order valence-electron chi connectivity index (χ1n) is 8.19. The molecule has 3 aliphatic rings. The van der Waals surface area contributed by atoms with Crippen molar-refractivity contribution in [3.8, 4) is 0 Å². The van der Waals surface area contributed by atoms with Gasteiger partial charge in [0.25, 0.3) is 0 Å². The Balaban J connectivity index is 1.89. The number of rotatable bonds is 0. The summed E-state index contributed by atoms with van der Waals surface area (Å²) in [6, 6.07) is 0. The number of hydrogen-bond donors (Lipinski definition) is 6. The topological polar surface area (TPSA) is 72.2 Å². The van der Waals surface area contributed by atoms with Crippen LogP contribution in [-0.2, 0) is 0 Å². The molecule has 0 saturated carbocycles. The highest BCUT2D eigenvalue weighted by molar-refractivity contribution is 4.74. The fourth-order valence-corrected chi connectivity index (χ4v) is 2.80. The second-order valence-corrected chi connectivity index (χ2v) is 5.96. The van der Waals surface area contributed by atoms with Crippen LogP contribution in [0.4, 0.5) is 0 Å². The largest absolute Gasteiger partial charge is 0.315 e. The maximum absolute atomic E-state index is 3.58. The summed E-state index contributed by atoms with van der Waals surface area (Å²) in [6.07, 6.45) is 0. The van der Waals surface area contributed by atoms with E-state index < -0.39 is 0 Å². The lowest BCUT2D eigenvalue weighted by Crippen LogP contribution is -2.46. The fraction of sp³-hybridized carbons (Fsp3) is 1.00. The van der Waals surface area contributed by atoms with Crippen LogP contribution >= 0.6 is 0 Å². The molecule has 0 aromatic rings. The third-order valence-corrected chi connectivity index (χ3v) is 4.03. The average Bonchev–Trinajstić information content (AvgIpc) is 2.47. The maximum Gasteiger partial charge on any atom is 0.00768 e. The first-order valence-corrected chi connectivity index (χ1v) is 8.19. The summed E-state index contributed by atoms with van der Waals surface area (Å²) in [4.78, 5) is 0. The Morgan fingerprint density at radius 3 is 0.750 bits per heavy atom. The first kappa shape index (κ1) is 16.1. The third-order valence-electron chi connectivity index (χ3n) is 4.03. The number of hydrogen-bond acceptors (Lipinski definition) is 6. The smallest absolute Gasteiger partial charge is 0.00768 e. The van der Waals surface area contributed by atoms with Crippen molar-refractivity contribution in [1.82, 2.24) is 31.9 Å². The lowest BCUT2D eigenvalue weighted by Gasteiger charge is -2.24. The summed E-state index contributed by atoms with van der Waals surface area (Å²) >= 11 is 0. The van der Waals surface area contributed by atoms with Crippen LogP contribution in [0.1, 0.15) is 0 Å². The molecule has 0 amide bonds. The van der Waals surface area contributed by atoms with Gasteiger partial charge in [-0.1, -0.05) is 0 Å². The van der Waals surface area contributed by atoms with Crippen LogP contribution in [0.5, 0.6) is 0 Å². The third kappa shape index (κ3) is 6.97. The summed E-state index contributed by atoms with van der Waals surface area (Å²) in [5, 5.41) is 21.5. The van der Waals surface area contributed by atoms with Crippen LogP contribution in [0.2, 0.25) is 0 Å². The lowest BCUT2D eigenvalue weighted by atomic mass is 10.1. The van der Waals surface area contributed by atoms with Crippen molar-refractivity contribution in [3.05, 3.63) is 0 Å². The molecule has 118 valence electrons. The van der Waals surface area contributed by atoms with Crippen LogP contribution in [-0.4, -0.2) is 78.5 Å². The zero-order valence-corrected chi connectivity index (χ0v) is 12.6. The van der Waals surface area contributed by atoms with Crippen molar-refractivity contribution < 1.29 is 0 Å². The molecule has 3 fully saturated rings. The van der Waals surface area contributed by atoms with Crippen molar-refractivity contribution in [2.45, 2.75) is 0 Å². The van der Waals surface area contributed by atoms with E-state index in [0.717, 1.165) is 78.5 Å². The highest BCUT2D eigenvalue weighted by atomic mass is 15.0. The van der Waals surface area contributed by atoms with Gasteiger partial charge in [-0.2, -0.15) is 0 Å². The van der Waals surface area contributed by atoms with E-state index in [1.165, 1.54) is 0 Å². The summed E-state index contributed by atoms with van der Waals surface area (Å²) in [7, 11) is 0. The van der Waals surface area contributed by atoms with Crippen molar-refractivity contribution >= 4 is 0 Å². The Labute approximate surface area is 123 Å². The Hall–Kier alpha value is -0.240. The fourth-order valence-electron chi connectivity index (χ4n) is 2.80. The molecule has 6 nitrogen and oxygen atoms in total. The molecular weight excluding hydrogens is 252 g/mol. The van der Waals surface area contributed by atoms with Gasteiger partial charge in [0, 0.05) is 78.5 Å². The second kappa shape index (κ2) is 10.5. The van der Waals surface area contributed by atoms with E-state index in [9.17, 15) is 0 Å². The van der Waals surface area contributed by atoms with Crippen LogP contribution in [0.3, 0.4) is 0 Å². The molecule has 0 atom stereocenters. The lowest BCUT2D eigenvalue weighted by molar-refractivity contribution is 0.372. The Bertz CT molecular complexity index is 176. The number of fused-ring (bicyclic) bond motifs is 15. The minimum atomic E-state index is 0.661. The van der Waals surface area contributed by atoms with E-state index in [1.54, 1.807) is 0 Å². The predicted molar refractivity (Wildman–Crippen MR) is 84.2 cm³/mol. The molecule has 3 aliphatic heterocycles. The van der Waals surface area contributed by atoms with Gasteiger partial charge >= 0.3 is 0 Å². The van der Waals surface area contributed by atoms with Gasteiger partial charge < -0.3 is 31.9 Å². The summed E-state index contributed by atoms with van der Waals surface area (Å²) < 4.78 is 0. The predicted octanol–water partition coefficient (Wildman–Crippen LogP) is -2.22. The van der Waals surface area contributed by atoms with Crippen LogP contribution in [0, 0.1) is 11.8 Å². The minimum absolute atomic E-state index is 0.661. The molecule has 0 spiro atoms. The van der Waals surface area contributed by atoms with E-state index in [0.29, 0.717) is 11.8 Å². The molecule has 6 heteroatoms. The van der Waals surface area contributed by atoms with Crippen LogP contribution in [0.25, 0.3) is 0 Å². The van der Waals surface area contributed by atoms with Gasteiger partial charge in [0.2, 0.25) is 0 Å². The van der Waals surface area contributed by atoms with E-state index in [1.807, 2.05) is 0 Å². The van der Waals surface area contributed by atoms with Gasteiger partial charge in [-0.25, -0.2) is 0 Å². The van der Waals surface area contributed by atoms with Gasteiger partial charge in [-0.15, -0.1) is 0 Å². The van der Waals surface area contributed by atoms with Crippen molar-refractivity contribution in [3.63, 3.8) is 0 Å². The van der Waals surface area contributed by atoms with Crippen molar-refractivity contribution in [2.75, 3.05) is 78.5 Å². The minimum Gasteiger partial charge on any atom is -0.315 e. The van der Waals surface area contributed by atoms with Crippen LogP contribution in [0.15, 0.2) is 0 Å². The number of nitrogens with one attached hydrogen (secondary N) is 6. The van der Waals surface area contributed by atoms with E-state index in [4.69, 9.17) is 0 Å². The zero-order valence-electron chi connectivity index (χ0n) is 12.6. The molecule has 6 N–H and O–H groups in total. The Morgan fingerprint density at radius 1 is 0.350 bits per heavy atom. The van der Waals surface area contributed by atoms with Gasteiger partial charge in [0.1, 0.15) is 0 Å². The van der Waals surface area contributed by atoms with Gasteiger partial charge in [0.05, 0.1) is 0 Å². The van der Waals surface area contributed by atoms with E-state index in [2.05, 4.69) is 31.9 Å². The Morgan fingerprint density at radius 2 is 0.550 bits per heavy atom. The van der Waals surface area contributed by atoms with Crippen LogP contribution < -0.4 is 31.9 Å². The Kier molecular flexibility index (Phi) is 8.46. The highest BCUT2D eigenvalue weighted by Gasteiger charge is 2.11. The molecule has 2 bridgehead atoms. The summed E-state index contributed by atoms with van der Waals surface area (Å²) in [5.74, 6) is 1.32. The van der Waals surface area contributed by atoms with Gasteiger partial charge in [0.15, 0.2) is 0 Å². The molecule has 0 aliphatic carbocycles. The molecule has 0 unspecified atom stereocenters. The second-order valence-electron chi connectivity index (χ2n) is 5.96. The molecule has 3 heterocycles. The highest BCUT2D eigenvalue weighted by Crippen LogP contribution is 1.94. The standard InChI is InChI=1S/C14H32N6/c1-2-16-8-14-11-19-5-3-17-9-13(7-15-1)10-18-4-6-20-12-14/h13-20H,1-12H2. The van der Waals surface area contributed by atoms with Gasteiger partial charge in [-0.05, 0) is 11.8 Å². The van der Waals surface area contributed by atoms with E-state index in [-0.39, 0.29) is 0 Å². The van der Waals surface area contributed by atoms with Crippen molar-refractivity contribution in [2.24, 2.45) is 11.8 Å². The van der Waals surface area contributed by atoms with Gasteiger partial charge in [-0.3, -0.25) is 0 Å². The quantitative estimate of drug-likeness (QED) is 0.303. The average molecular weight is 284 g/mol. The molecule has 3 saturated heterocycles. The monoisotopic (exact) mass is 284 g/mol. The molecule has 3 rings (SSSR count). The molecule has 0 aromatic heterocycles. The molecule has 0 aromatic carbocycles. The molecule has 0 radical (unpaired) electrons. The SMILES string of the molecule is C1CNCC2CNCCNCC(CN1)CNCCNC2. The molecule has 20 heavy (non-hydrogen) atoms. The summed E-state index contributed by atoms with van der Waals surface area (Å²) in [5.41, 5.74) is 0. The molecular formula is C14H32N6. The van der Waals surface area contributed by atoms with E-state index >= 15 is 0 Å². The van der Waals surface area contributed by atoms with Crippen molar-refractivity contribution in [1.29, 1.82) is 0 Å². The normalized spacial score (nSPS) is 32.4. The zero-order chi connectivity index (χ0) is 13.9. The summed E-state index contributed by atoms with van der Waals surface area (Å²) in [6.45, 7) is 12.9.